The Morgan fingerprint density at radius 3 is 2.26 bits per heavy atom. The first kappa shape index (κ1) is 26.7. The molecule has 0 spiro atoms. The number of carbonyl (C=O) groups is 3. The summed E-state index contributed by atoms with van der Waals surface area (Å²) in [5.74, 6) is -2.88. The van der Waals surface area contributed by atoms with Crippen molar-refractivity contribution < 1.29 is 24.2 Å². The Labute approximate surface area is 225 Å². The molecular weight excluding hydrogens is 674 g/mol. The van der Waals surface area contributed by atoms with Crippen LogP contribution in [0.1, 0.15) is 21.6 Å². The Hall–Kier alpha value is -2.93. The Kier molecular flexibility index (Phi) is 9.26. The number of nitrogens with two attached hydrogens (primary N) is 1. The zero-order valence-electron chi connectivity index (χ0n) is 18.7. The number of nitrogens with zero attached hydrogens (tertiary/aromatic N) is 1. The van der Waals surface area contributed by atoms with E-state index in [-0.39, 0.29) is 11.3 Å². The fraction of sp³-hybridized carbons (Fsp3) is 0.115. The maximum atomic E-state index is 12.7. The Morgan fingerprint density at radius 2 is 1.60 bits per heavy atom. The van der Waals surface area contributed by atoms with Crippen LogP contribution in [0.5, 0.6) is 5.75 Å². The van der Waals surface area contributed by atoms with Gasteiger partial charge in [0.25, 0.3) is 11.7 Å². The summed E-state index contributed by atoms with van der Waals surface area (Å²) < 4.78 is 7.34. The van der Waals surface area contributed by atoms with Crippen LogP contribution in [0.3, 0.4) is 0 Å². The zero-order valence-corrected chi connectivity index (χ0v) is 23.0. The van der Waals surface area contributed by atoms with E-state index >= 15 is 0 Å². The number of hydrogen-bond donors (Lipinski definition) is 2. The van der Waals surface area contributed by atoms with Crippen molar-refractivity contribution in [2.24, 2.45) is 5.73 Å². The van der Waals surface area contributed by atoms with E-state index in [2.05, 4.69) is 43.3 Å². The number of fused-ring (bicyclic) bond motifs is 1. The second-order valence-corrected chi connectivity index (χ2v) is 7.64. The molecule has 7 nitrogen and oxygen atoms in total. The van der Waals surface area contributed by atoms with Crippen LogP contribution in [0.15, 0.2) is 72.8 Å². The molecule has 1 aromatic heterocycles. The summed E-state index contributed by atoms with van der Waals surface area (Å²) in [5, 5.41) is 9.39. The number of benzene rings is 3. The van der Waals surface area contributed by atoms with Crippen molar-refractivity contribution in [2.45, 2.75) is 13.5 Å². The summed E-state index contributed by atoms with van der Waals surface area (Å²) in [6.45, 7) is 1.59. The lowest BCUT2D eigenvalue weighted by atomic mass is 10.0. The minimum atomic E-state index is -1.15. The molecule has 1 amide bonds. The number of halogens is 2. The minimum Gasteiger partial charge on any atom is -0.481 e. The highest BCUT2D eigenvalue weighted by Gasteiger charge is 2.26. The normalized spacial score (nSPS) is 10.4. The van der Waals surface area contributed by atoms with Crippen LogP contribution in [0.4, 0.5) is 0 Å². The molecule has 4 aromatic rings. The molecule has 0 radical (unpaired) electrons. The van der Waals surface area contributed by atoms with E-state index in [0.717, 1.165) is 16.7 Å². The monoisotopic (exact) mass is 696 g/mol. The first-order chi connectivity index (χ1) is 16.9. The molecule has 4 rings (SSSR count). The van der Waals surface area contributed by atoms with Gasteiger partial charge in [0, 0.05) is 49.5 Å². The third kappa shape index (κ3) is 6.01. The summed E-state index contributed by atoms with van der Waals surface area (Å²) in [4.78, 5) is 35.5. The number of hydrogen-bond acceptors (Lipinski definition) is 4. The predicted octanol–water partition coefficient (Wildman–Crippen LogP) is 5.57. The standard InChI is InChI=1S/C26H22N2O5.I2/c1-16-23(25(31)26(27)32)24-20(11-6-12-21(24)33-15-22(29)30)28(16)14-17-7-5-10-19(13-17)18-8-3-2-4-9-18;1-2/h2-13H,14-15H2,1H3,(H2,27,32)(H,29,30);. The largest absolute Gasteiger partial charge is 0.481 e. The van der Waals surface area contributed by atoms with Gasteiger partial charge in [-0.25, -0.2) is 4.79 Å². The van der Waals surface area contributed by atoms with E-state index in [4.69, 9.17) is 15.6 Å². The summed E-state index contributed by atoms with van der Waals surface area (Å²) in [7, 11) is 0. The van der Waals surface area contributed by atoms with Gasteiger partial charge >= 0.3 is 5.97 Å². The molecule has 0 bridgehead atoms. The number of Topliss-reactive ketones (excluding diaryl/α,β-unsaturated/α-hetero) is 1. The number of rotatable bonds is 8. The third-order valence-electron chi connectivity index (χ3n) is 5.49. The third-order valence-corrected chi connectivity index (χ3v) is 5.49. The summed E-state index contributed by atoms with van der Waals surface area (Å²) in [5.41, 5.74) is 9.76. The number of primary amides is 1. The van der Waals surface area contributed by atoms with E-state index in [0.29, 0.717) is 23.1 Å². The quantitative estimate of drug-likeness (QED) is 0.142. The van der Waals surface area contributed by atoms with Gasteiger partial charge in [-0.1, -0.05) is 54.6 Å². The van der Waals surface area contributed by atoms with Gasteiger partial charge in [-0.15, -0.1) is 0 Å². The molecule has 0 saturated carbocycles. The molecule has 0 atom stereocenters. The lowest BCUT2D eigenvalue weighted by molar-refractivity contribution is -0.139. The number of ketones is 1. The maximum absolute atomic E-state index is 12.7. The Morgan fingerprint density at radius 1 is 0.943 bits per heavy atom. The van der Waals surface area contributed by atoms with Gasteiger partial charge in [0.2, 0.25) is 0 Å². The zero-order chi connectivity index (χ0) is 25.5. The van der Waals surface area contributed by atoms with Crippen molar-refractivity contribution in [2.75, 3.05) is 6.61 Å². The minimum absolute atomic E-state index is 0.123. The lowest BCUT2D eigenvalue weighted by Crippen LogP contribution is -2.24. The van der Waals surface area contributed by atoms with Crippen molar-refractivity contribution in [3.8, 4) is 16.9 Å². The number of carbonyl (C=O) groups excluding carboxylic acids is 2. The number of carboxylic acid groups (broad SMARTS) is 1. The average molecular weight is 696 g/mol. The molecular formula is C26H22I2N2O5. The van der Waals surface area contributed by atoms with E-state index in [9.17, 15) is 14.4 Å². The second-order valence-electron chi connectivity index (χ2n) is 7.64. The molecule has 1 heterocycles. The summed E-state index contributed by atoms with van der Waals surface area (Å²) in [6, 6.07) is 23.1. The van der Waals surface area contributed by atoms with E-state index in [1.165, 1.54) is 0 Å². The molecule has 0 aliphatic carbocycles. The van der Waals surface area contributed by atoms with Gasteiger partial charge in [0.15, 0.2) is 6.61 Å². The highest BCUT2D eigenvalue weighted by molar-refractivity contribution is 15.0. The van der Waals surface area contributed by atoms with Crippen LogP contribution in [0.2, 0.25) is 0 Å². The van der Waals surface area contributed by atoms with Crippen LogP contribution in [-0.4, -0.2) is 33.9 Å². The van der Waals surface area contributed by atoms with Gasteiger partial charge in [-0.2, -0.15) is 0 Å². The molecule has 35 heavy (non-hydrogen) atoms. The molecule has 9 heteroatoms. The highest BCUT2D eigenvalue weighted by Crippen LogP contribution is 2.35. The summed E-state index contributed by atoms with van der Waals surface area (Å²) in [6.07, 6.45) is 0. The number of aliphatic carboxylic acids is 1. The van der Waals surface area contributed by atoms with Gasteiger partial charge in [0.05, 0.1) is 16.5 Å². The van der Waals surface area contributed by atoms with Crippen LogP contribution >= 0.6 is 37.2 Å². The molecule has 0 aliphatic heterocycles. The topological polar surface area (TPSA) is 112 Å². The second kappa shape index (κ2) is 12.2. The lowest BCUT2D eigenvalue weighted by Gasteiger charge is -2.11. The fourth-order valence-corrected chi connectivity index (χ4v) is 4.02. The number of amides is 1. The van der Waals surface area contributed by atoms with E-state index in [1.807, 2.05) is 53.1 Å². The summed E-state index contributed by atoms with van der Waals surface area (Å²) >= 11 is 4.24. The number of carboxylic acids is 1. The molecule has 180 valence electrons. The van der Waals surface area contributed by atoms with Crippen LogP contribution in [0, 0.1) is 6.92 Å². The smallest absolute Gasteiger partial charge is 0.341 e. The first-order valence-electron chi connectivity index (χ1n) is 10.5. The Balaban J connectivity index is 0.00000167. The van der Waals surface area contributed by atoms with E-state index < -0.39 is 24.3 Å². The predicted molar refractivity (Wildman–Crippen MR) is 152 cm³/mol. The maximum Gasteiger partial charge on any atom is 0.341 e. The number of ether oxygens (including phenoxy) is 1. The Bertz CT molecular complexity index is 1380. The van der Waals surface area contributed by atoms with Gasteiger partial charge in [-0.3, -0.25) is 9.59 Å². The van der Waals surface area contributed by atoms with Crippen molar-refractivity contribution >= 4 is 65.8 Å². The highest BCUT2D eigenvalue weighted by atomic mass is 128. The molecule has 0 saturated heterocycles. The van der Waals surface area contributed by atoms with Crippen LogP contribution in [0.25, 0.3) is 22.0 Å². The van der Waals surface area contributed by atoms with Crippen molar-refractivity contribution in [3.63, 3.8) is 0 Å². The van der Waals surface area contributed by atoms with E-state index in [1.54, 1.807) is 25.1 Å². The SMILES string of the molecule is Cc1c(C(=O)C(N)=O)c2c(OCC(=O)O)cccc2n1Cc1cccc(-c2ccccc2)c1.II. The molecule has 0 aliphatic rings. The van der Waals surface area contributed by atoms with Gasteiger partial charge < -0.3 is 20.1 Å². The van der Waals surface area contributed by atoms with Gasteiger partial charge in [0.1, 0.15) is 5.75 Å². The first-order valence-corrected chi connectivity index (χ1v) is 16.7. The van der Waals surface area contributed by atoms with Crippen molar-refractivity contribution in [1.82, 2.24) is 4.57 Å². The average Bonchev–Trinajstić information content (AvgIpc) is 3.15. The fourth-order valence-electron chi connectivity index (χ4n) is 4.02. The van der Waals surface area contributed by atoms with Crippen LogP contribution in [-0.2, 0) is 16.1 Å². The molecule has 0 unspecified atom stereocenters. The van der Waals surface area contributed by atoms with Crippen molar-refractivity contribution in [1.29, 1.82) is 0 Å². The van der Waals surface area contributed by atoms with Gasteiger partial charge in [-0.05, 0) is 41.8 Å². The molecule has 3 N–H and O–H groups in total. The molecule has 3 aromatic carbocycles. The van der Waals surface area contributed by atoms with Crippen molar-refractivity contribution in [3.05, 3.63) is 89.6 Å². The van der Waals surface area contributed by atoms with Crippen LogP contribution < -0.4 is 10.5 Å². The number of aromatic nitrogens is 1. The molecule has 0 fully saturated rings.